The van der Waals surface area contributed by atoms with Crippen molar-refractivity contribution in [3.63, 3.8) is 0 Å². The number of aromatic nitrogens is 3. The fraction of sp³-hybridized carbons (Fsp3) is 0.417. The number of aryl methyl sites for hydroxylation is 2. The molecule has 0 atom stereocenters. The zero-order valence-electron chi connectivity index (χ0n) is 11.1. The smallest absolute Gasteiger partial charge is 0.360 e. The van der Waals surface area contributed by atoms with Gasteiger partial charge in [0, 0.05) is 12.5 Å². The van der Waals surface area contributed by atoms with Crippen LogP contribution in [-0.2, 0) is 17.7 Å². The molecule has 7 nitrogen and oxygen atoms in total. The van der Waals surface area contributed by atoms with Crippen LogP contribution in [0.1, 0.15) is 34.7 Å². The Hall–Kier alpha value is -2.31. The van der Waals surface area contributed by atoms with E-state index in [9.17, 15) is 4.79 Å². The van der Waals surface area contributed by atoms with Crippen molar-refractivity contribution < 1.29 is 14.1 Å². The van der Waals surface area contributed by atoms with Crippen molar-refractivity contribution >= 4 is 11.8 Å². The van der Waals surface area contributed by atoms with Crippen molar-refractivity contribution in [1.82, 2.24) is 14.7 Å². The minimum absolute atomic E-state index is 0.138. The normalized spacial score (nSPS) is 10.7. The van der Waals surface area contributed by atoms with Crippen LogP contribution in [0.15, 0.2) is 10.6 Å². The third kappa shape index (κ3) is 2.44. The summed E-state index contributed by atoms with van der Waals surface area (Å²) in [7, 11) is 1.30. The van der Waals surface area contributed by atoms with Crippen molar-refractivity contribution in [1.29, 1.82) is 0 Å². The fourth-order valence-electron chi connectivity index (χ4n) is 1.86. The number of carbonyl (C=O) groups excluding carboxylic acids is 1. The highest BCUT2D eigenvalue weighted by Crippen LogP contribution is 2.18. The lowest BCUT2D eigenvalue weighted by Gasteiger charge is -2.05. The first-order valence-corrected chi connectivity index (χ1v) is 5.92. The van der Waals surface area contributed by atoms with Gasteiger partial charge in [-0.1, -0.05) is 12.1 Å². The van der Waals surface area contributed by atoms with E-state index in [4.69, 9.17) is 10.3 Å². The molecule has 0 aliphatic rings. The highest BCUT2D eigenvalue weighted by molar-refractivity contribution is 5.92. The topological polar surface area (TPSA) is 96.2 Å². The summed E-state index contributed by atoms with van der Waals surface area (Å²) >= 11 is 0. The summed E-state index contributed by atoms with van der Waals surface area (Å²) in [6.45, 7) is 4.16. The molecule has 0 fully saturated rings. The molecule has 7 heteroatoms. The summed E-state index contributed by atoms with van der Waals surface area (Å²) in [5.41, 5.74) is 6.82. The van der Waals surface area contributed by atoms with E-state index < -0.39 is 5.97 Å². The third-order valence-electron chi connectivity index (χ3n) is 2.78. The fourth-order valence-corrected chi connectivity index (χ4v) is 1.86. The number of esters is 1. The number of imidazole rings is 1. The molecule has 2 heterocycles. The zero-order chi connectivity index (χ0) is 14.0. The predicted molar refractivity (Wildman–Crippen MR) is 67.7 cm³/mol. The van der Waals surface area contributed by atoms with Crippen LogP contribution >= 0.6 is 0 Å². The van der Waals surface area contributed by atoms with Crippen LogP contribution in [0, 0.1) is 6.92 Å². The number of nitrogen functional groups attached to an aromatic ring is 1. The minimum Gasteiger partial charge on any atom is -0.464 e. The molecule has 0 saturated carbocycles. The number of nitrogens with zero attached hydrogens (tertiary/aromatic N) is 3. The first-order chi connectivity index (χ1) is 9.06. The van der Waals surface area contributed by atoms with Crippen molar-refractivity contribution in [3.05, 3.63) is 29.0 Å². The molecule has 0 amide bonds. The average Bonchev–Trinajstić information content (AvgIpc) is 2.94. The highest BCUT2D eigenvalue weighted by atomic mass is 16.5. The maximum Gasteiger partial charge on any atom is 0.360 e. The molecule has 0 radical (unpaired) electrons. The lowest BCUT2D eigenvalue weighted by molar-refractivity contribution is 0.0595. The van der Waals surface area contributed by atoms with E-state index in [1.165, 1.54) is 7.11 Å². The largest absolute Gasteiger partial charge is 0.464 e. The van der Waals surface area contributed by atoms with Gasteiger partial charge in [0.1, 0.15) is 23.1 Å². The van der Waals surface area contributed by atoms with E-state index in [0.29, 0.717) is 18.8 Å². The Morgan fingerprint density at radius 1 is 1.58 bits per heavy atom. The number of anilines is 1. The number of hydrogen-bond donors (Lipinski definition) is 1. The van der Waals surface area contributed by atoms with E-state index in [2.05, 4.69) is 14.9 Å². The first-order valence-electron chi connectivity index (χ1n) is 5.92. The molecular weight excluding hydrogens is 248 g/mol. The van der Waals surface area contributed by atoms with E-state index in [-0.39, 0.29) is 11.5 Å². The first kappa shape index (κ1) is 13.1. The number of hydrogen-bond acceptors (Lipinski definition) is 6. The molecule has 0 aliphatic heterocycles. The quantitative estimate of drug-likeness (QED) is 0.832. The van der Waals surface area contributed by atoms with Crippen molar-refractivity contribution in [2.24, 2.45) is 0 Å². The van der Waals surface area contributed by atoms with Gasteiger partial charge in [-0.05, 0) is 6.92 Å². The summed E-state index contributed by atoms with van der Waals surface area (Å²) in [6, 6.07) is 1.82. The molecule has 0 aliphatic carbocycles. The Bertz CT molecular complexity index is 600. The second kappa shape index (κ2) is 5.13. The van der Waals surface area contributed by atoms with Gasteiger partial charge in [0.05, 0.1) is 13.7 Å². The molecule has 2 N–H and O–H groups in total. The van der Waals surface area contributed by atoms with E-state index >= 15 is 0 Å². The third-order valence-corrected chi connectivity index (χ3v) is 2.78. The van der Waals surface area contributed by atoms with Crippen molar-refractivity contribution in [2.75, 3.05) is 12.8 Å². The number of ether oxygens (including phenoxy) is 1. The van der Waals surface area contributed by atoms with Crippen LogP contribution in [0.3, 0.4) is 0 Å². The molecule has 0 saturated heterocycles. The van der Waals surface area contributed by atoms with Gasteiger partial charge in [-0.2, -0.15) is 0 Å². The van der Waals surface area contributed by atoms with Gasteiger partial charge in [0.15, 0.2) is 5.69 Å². The molecule has 102 valence electrons. The summed E-state index contributed by atoms with van der Waals surface area (Å²) in [5.74, 6) is 1.17. The maximum absolute atomic E-state index is 11.6. The second-order valence-electron chi connectivity index (χ2n) is 4.12. The van der Waals surface area contributed by atoms with Crippen LogP contribution in [0.2, 0.25) is 0 Å². The Labute approximate surface area is 110 Å². The maximum atomic E-state index is 11.6. The van der Waals surface area contributed by atoms with Gasteiger partial charge < -0.3 is 19.6 Å². The molecule has 2 aromatic heterocycles. The molecule has 19 heavy (non-hydrogen) atoms. The van der Waals surface area contributed by atoms with Crippen LogP contribution in [-0.4, -0.2) is 27.8 Å². The zero-order valence-corrected chi connectivity index (χ0v) is 11.1. The predicted octanol–water partition coefficient (Wildman–Crippen LogP) is 1.16. The van der Waals surface area contributed by atoms with Crippen LogP contribution in [0.5, 0.6) is 0 Å². The highest BCUT2D eigenvalue weighted by Gasteiger charge is 2.20. The van der Waals surface area contributed by atoms with Gasteiger partial charge in [-0.3, -0.25) is 0 Å². The van der Waals surface area contributed by atoms with Gasteiger partial charge in [-0.25, -0.2) is 9.78 Å². The van der Waals surface area contributed by atoms with E-state index in [0.717, 1.165) is 11.5 Å². The van der Waals surface area contributed by atoms with Gasteiger partial charge >= 0.3 is 5.97 Å². The molecule has 0 unspecified atom stereocenters. The number of nitrogens with two attached hydrogens (primary N) is 1. The minimum atomic E-state index is -0.540. The second-order valence-corrected chi connectivity index (χ2v) is 4.12. The Morgan fingerprint density at radius 2 is 2.32 bits per heavy atom. The van der Waals surface area contributed by atoms with Gasteiger partial charge in [0.25, 0.3) is 0 Å². The number of rotatable bonds is 4. The summed E-state index contributed by atoms with van der Waals surface area (Å²) in [4.78, 5) is 15.8. The molecule has 0 spiro atoms. The Morgan fingerprint density at radius 3 is 2.84 bits per heavy atom. The Kier molecular flexibility index (Phi) is 3.55. The average molecular weight is 264 g/mol. The van der Waals surface area contributed by atoms with Crippen LogP contribution in [0.4, 0.5) is 5.82 Å². The van der Waals surface area contributed by atoms with Gasteiger partial charge in [-0.15, -0.1) is 0 Å². The van der Waals surface area contributed by atoms with Gasteiger partial charge in [0.2, 0.25) is 0 Å². The standard InChI is InChI=1S/C12H16N4O3/c1-4-9-14-10(12(17)18-3)11(13)16(9)6-8-5-7(2)19-15-8/h5H,4,6,13H2,1-3H3. The van der Waals surface area contributed by atoms with Crippen molar-refractivity contribution in [3.8, 4) is 0 Å². The monoisotopic (exact) mass is 264 g/mol. The SMILES string of the molecule is CCc1nc(C(=O)OC)c(N)n1Cc1cc(C)on1. The summed E-state index contributed by atoms with van der Waals surface area (Å²) in [6.07, 6.45) is 0.651. The molecule has 2 rings (SSSR count). The Balaban J connectivity index is 2.38. The van der Waals surface area contributed by atoms with Crippen molar-refractivity contribution in [2.45, 2.75) is 26.8 Å². The summed E-state index contributed by atoms with van der Waals surface area (Å²) in [5, 5.41) is 3.91. The molecule has 0 aromatic carbocycles. The van der Waals surface area contributed by atoms with E-state index in [1.54, 1.807) is 4.57 Å². The lowest BCUT2D eigenvalue weighted by atomic mass is 10.3. The molecule has 0 bridgehead atoms. The van der Waals surface area contributed by atoms with Crippen LogP contribution in [0.25, 0.3) is 0 Å². The summed E-state index contributed by atoms with van der Waals surface area (Å²) < 4.78 is 11.4. The van der Waals surface area contributed by atoms with Crippen LogP contribution < -0.4 is 5.73 Å². The number of carbonyl (C=O) groups is 1. The lowest BCUT2D eigenvalue weighted by Crippen LogP contribution is -2.10. The molecular formula is C12H16N4O3. The molecule has 2 aromatic rings. The van der Waals surface area contributed by atoms with E-state index in [1.807, 2.05) is 19.9 Å². The number of methoxy groups -OCH3 is 1.